The van der Waals surface area contributed by atoms with E-state index in [0.29, 0.717) is 47.5 Å². The number of carbonyl (C=O) groups is 1. The van der Waals surface area contributed by atoms with Crippen molar-refractivity contribution in [3.8, 4) is 17.2 Å². The summed E-state index contributed by atoms with van der Waals surface area (Å²) in [5.41, 5.74) is 7.71. The number of nitrogens with one attached hydrogen (secondary N) is 1. The number of hydrogen-bond acceptors (Lipinski definition) is 5. The minimum Gasteiger partial charge on any atom is -0.493 e. The highest BCUT2D eigenvalue weighted by atomic mass is 35.5. The van der Waals surface area contributed by atoms with E-state index in [2.05, 4.69) is 10.5 Å². The molecule has 26 heavy (non-hydrogen) atoms. The van der Waals surface area contributed by atoms with Gasteiger partial charge in [0, 0.05) is 17.0 Å². The fourth-order valence-corrected chi connectivity index (χ4v) is 2.26. The van der Waals surface area contributed by atoms with Gasteiger partial charge in [0.2, 0.25) is 0 Å². The van der Waals surface area contributed by atoms with Crippen LogP contribution in [0.15, 0.2) is 47.6 Å². The first-order chi connectivity index (χ1) is 12.6. The average molecular weight is 378 g/mol. The number of benzene rings is 2. The summed E-state index contributed by atoms with van der Waals surface area (Å²) in [7, 11) is 1.60. The number of rotatable bonds is 9. The highest BCUT2D eigenvalue weighted by molar-refractivity contribution is 6.30. The van der Waals surface area contributed by atoms with E-state index in [-0.39, 0.29) is 0 Å². The van der Waals surface area contributed by atoms with Gasteiger partial charge in [-0.15, -0.1) is 0 Å². The van der Waals surface area contributed by atoms with Crippen LogP contribution in [0.25, 0.3) is 0 Å². The van der Waals surface area contributed by atoms with Crippen molar-refractivity contribution in [1.29, 1.82) is 0 Å². The third kappa shape index (κ3) is 6.18. The number of urea groups is 1. The number of nitrogens with two attached hydrogens (primary N) is 1. The van der Waals surface area contributed by atoms with Gasteiger partial charge in [0.05, 0.1) is 26.5 Å². The second kappa shape index (κ2) is 10.1. The van der Waals surface area contributed by atoms with Crippen LogP contribution in [-0.4, -0.2) is 32.6 Å². The second-order valence-electron chi connectivity index (χ2n) is 5.12. The third-order valence-corrected chi connectivity index (χ3v) is 3.46. The lowest BCUT2D eigenvalue weighted by Crippen LogP contribution is -2.24. The molecule has 0 atom stereocenters. The lowest BCUT2D eigenvalue weighted by Gasteiger charge is -2.12. The third-order valence-electron chi connectivity index (χ3n) is 3.22. The van der Waals surface area contributed by atoms with Gasteiger partial charge in [-0.2, -0.15) is 5.10 Å². The Kier molecular flexibility index (Phi) is 7.57. The molecule has 0 unspecified atom stereocenters. The molecule has 0 aliphatic heterocycles. The Bertz CT molecular complexity index is 768. The summed E-state index contributed by atoms with van der Waals surface area (Å²) >= 11 is 5.98. The SMILES string of the molecule is COc1ccccc1OCCCOc1ccc(Cl)cc1C=NNC(N)=O. The molecule has 7 nitrogen and oxygen atoms in total. The predicted molar refractivity (Wildman–Crippen MR) is 100 cm³/mol. The zero-order valence-corrected chi connectivity index (χ0v) is 15.0. The van der Waals surface area contributed by atoms with Crippen molar-refractivity contribution in [2.75, 3.05) is 20.3 Å². The van der Waals surface area contributed by atoms with Crippen molar-refractivity contribution in [2.24, 2.45) is 10.8 Å². The molecule has 0 spiro atoms. The Labute approximate surface area is 156 Å². The summed E-state index contributed by atoms with van der Waals surface area (Å²) in [5, 5.41) is 4.24. The van der Waals surface area contributed by atoms with Gasteiger partial charge in [0.1, 0.15) is 5.75 Å². The quantitative estimate of drug-likeness (QED) is 0.398. The molecule has 0 saturated heterocycles. The molecule has 2 rings (SSSR count). The van der Waals surface area contributed by atoms with Crippen LogP contribution in [0.2, 0.25) is 5.02 Å². The molecule has 0 aliphatic rings. The number of hydrazone groups is 1. The smallest absolute Gasteiger partial charge is 0.332 e. The lowest BCUT2D eigenvalue weighted by molar-refractivity contribution is 0.240. The first-order valence-corrected chi connectivity index (χ1v) is 8.24. The Morgan fingerprint density at radius 2 is 1.85 bits per heavy atom. The van der Waals surface area contributed by atoms with Gasteiger partial charge < -0.3 is 19.9 Å². The highest BCUT2D eigenvalue weighted by Crippen LogP contribution is 2.26. The van der Waals surface area contributed by atoms with Crippen LogP contribution in [0.1, 0.15) is 12.0 Å². The summed E-state index contributed by atoms with van der Waals surface area (Å²) in [5.74, 6) is 1.96. The van der Waals surface area contributed by atoms with Gasteiger partial charge in [0.15, 0.2) is 11.5 Å². The minimum atomic E-state index is -0.751. The molecule has 0 heterocycles. The molecule has 0 aromatic heterocycles. The standard InChI is InChI=1S/C18H20ClN3O4/c1-24-16-5-2-3-6-17(16)26-10-4-9-25-15-8-7-14(19)11-13(15)12-21-22-18(20)23/h2-3,5-8,11-12H,4,9-10H2,1H3,(H3,20,22,23). The van der Waals surface area contributed by atoms with Gasteiger partial charge in [-0.05, 0) is 30.3 Å². The maximum Gasteiger partial charge on any atom is 0.332 e. The zero-order chi connectivity index (χ0) is 18.8. The topological polar surface area (TPSA) is 95.2 Å². The van der Waals surface area contributed by atoms with E-state index in [1.807, 2.05) is 24.3 Å². The molecular formula is C18H20ClN3O4. The maximum atomic E-state index is 10.7. The number of para-hydroxylation sites is 2. The molecule has 0 fully saturated rings. The van der Waals surface area contributed by atoms with E-state index in [9.17, 15) is 4.79 Å². The number of halogens is 1. The molecule has 0 bridgehead atoms. The lowest BCUT2D eigenvalue weighted by atomic mass is 10.2. The van der Waals surface area contributed by atoms with Gasteiger partial charge in [-0.3, -0.25) is 0 Å². The van der Waals surface area contributed by atoms with Crippen LogP contribution in [0.4, 0.5) is 4.79 Å². The van der Waals surface area contributed by atoms with Crippen LogP contribution in [0.3, 0.4) is 0 Å². The summed E-state index contributed by atoms with van der Waals surface area (Å²) in [4.78, 5) is 10.7. The van der Waals surface area contributed by atoms with E-state index in [4.69, 9.17) is 31.5 Å². The first-order valence-electron chi connectivity index (χ1n) is 7.87. The zero-order valence-electron chi connectivity index (χ0n) is 14.3. The van der Waals surface area contributed by atoms with Crippen molar-refractivity contribution in [1.82, 2.24) is 5.43 Å². The summed E-state index contributed by atoms with van der Waals surface area (Å²) < 4.78 is 16.7. The van der Waals surface area contributed by atoms with Gasteiger partial charge in [0.25, 0.3) is 0 Å². The monoisotopic (exact) mass is 377 g/mol. The number of amides is 2. The fourth-order valence-electron chi connectivity index (χ4n) is 2.08. The van der Waals surface area contributed by atoms with Gasteiger partial charge in [-0.25, -0.2) is 10.2 Å². The Hall–Kier alpha value is -2.93. The fraction of sp³-hybridized carbons (Fsp3) is 0.222. The van der Waals surface area contributed by atoms with Crippen LogP contribution in [0.5, 0.6) is 17.2 Å². The molecule has 8 heteroatoms. The molecule has 0 radical (unpaired) electrons. The first kappa shape index (κ1) is 19.4. The molecule has 2 amide bonds. The summed E-state index contributed by atoms with van der Waals surface area (Å²) in [6, 6.07) is 11.8. The number of carbonyl (C=O) groups excluding carboxylic acids is 1. The maximum absolute atomic E-state index is 10.7. The second-order valence-corrected chi connectivity index (χ2v) is 5.55. The predicted octanol–water partition coefficient (Wildman–Crippen LogP) is 3.20. The molecule has 2 aromatic carbocycles. The Balaban J connectivity index is 1.85. The molecule has 138 valence electrons. The molecule has 0 aliphatic carbocycles. The number of primary amides is 1. The Morgan fingerprint density at radius 3 is 2.54 bits per heavy atom. The van der Waals surface area contributed by atoms with E-state index >= 15 is 0 Å². The summed E-state index contributed by atoms with van der Waals surface area (Å²) in [6.45, 7) is 0.904. The van der Waals surface area contributed by atoms with E-state index in [1.54, 1.807) is 25.3 Å². The van der Waals surface area contributed by atoms with Crippen molar-refractivity contribution in [3.05, 3.63) is 53.1 Å². The summed E-state index contributed by atoms with van der Waals surface area (Å²) in [6.07, 6.45) is 2.08. The average Bonchev–Trinajstić information content (AvgIpc) is 2.63. The van der Waals surface area contributed by atoms with Gasteiger partial charge >= 0.3 is 6.03 Å². The van der Waals surface area contributed by atoms with Crippen LogP contribution < -0.4 is 25.4 Å². The minimum absolute atomic E-state index is 0.431. The molecule has 2 aromatic rings. The number of methoxy groups -OCH3 is 1. The molecule has 0 saturated carbocycles. The van der Waals surface area contributed by atoms with Crippen molar-refractivity contribution in [3.63, 3.8) is 0 Å². The van der Waals surface area contributed by atoms with Crippen LogP contribution in [0, 0.1) is 0 Å². The van der Waals surface area contributed by atoms with E-state index in [0.717, 1.165) is 0 Å². The Morgan fingerprint density at radius 1 is 1.15 bits per heavy atom. The normalized spacial score (nSPS) is 10.5. The van der Waals surface area contributed by atoms with Crippen LogP contribution >= 0.6 is 11.6 Å². The van der Waals surface area contributed by atoms with Crippen molar-refractivity contribution in [2.45, 2.75) is 6.42 Å². The highest BCUT2D eigenvalue weighted by Gasteiger charge is 2.05. The van der Waals surface area contributed by atoms with E-state index < -0.39 is 6.03 Å². The number of nitrogens with zero attached hydrogens (tertiary/aromatic N) is 1. The van der Waals surface area contributed by atoms with Gasteiger partial charge in [-0.1, -0.05) is 23.7 Å². The van der Waals surface area contributed by atoms with Crippen molar-refractivity contribution < 1.29 is 19.0 Å². The van der Waals surface area contributed by atoms with E-state index in [1.165, 1.54) is 6.21 Å². The molecular weight excluding hydrogens is 358 g/mol. The number of hydrogen-bond donors (Lipinski definition) is 2. The largest absolute Gasteiger partial charge is 0.493 e. The number of ether oxygens (including phenoxy) is 3. The van der Waals surface area contributed by atoms with Crippen LogP contribution in [-0.2, 0) is 0 Å². The molecule has 3 N–H and O–H groups in total. The van der Waals surface area contributed by atoms with Crippen molar-refractivity contribution >= 4 is 23.8 Å².